The SMILES string of the molecule is C[C@H](OC(=O)C1CCN(C(=O)c2ccc(F)cc2F)CC1)C(=O)N1CCNC1=O. The molecule has 0 radical (unpaired) electrons. The third kappa shape index (κ3) is 4.52. The second-order valence-electron chi connectivity index (χ2n) is 6.99. The molecule has 29 heavy (non-hydrogen) atoms. The highest BCUT2D eigenvalue weighted by Crippen LogP contribution is 2.22. The summed E-state index contributed by atoms with van der Waals surface area (Å²) in [6.07, 6.45) is -0.517. The summed E-state index contributed by atoms with van der Waals surface area (Å²) in [6, 6.07) is 2.24. The summed E-state index contributed by atoms with van der Waals surface area (Å²) in [5.41, 5.74) is -0.226. The van der Waals surface area contributed by atoms with Crippen LogP contribution in [0.5, 0.6) is 0 Å². The van der Waals surface area contributed by atoms with E-state index >= 15 is 0 Å². The Bertz CT molecular complexity index is 839. The first kappa shape index (κ1) is 20.7. The van der Waals surface area contributed by atoms with E-state index in [4.69, 9.17) is 4.74 Å². The van der Waals surface area contributed by atoms with E-state index in [-0.39, 0.29) is 25.2 Å². The maximum atomic E-state index is 13.8. The molecule has 2 heterocycles. The highest BCUT2D eigenvalue weighted by Gasteiger charge is 2.34. The van der Waals surface area contributed by atoms with Gasteiger partial charge in [-0.3, -0.25) is 19.3 Å². The molecule has 4 amide bonds. The van der Waals surface area contributed by atoms with E-state index in [2.05, 4.69) is 5.32 Å². The summed E-state index contributed by atoms with van der Waals surface area (Å²) >= 11 is 0. The van der Waals surface area contributed by atoms with Crippen molar-refractivity contribution in [1.29, 1.82) is 0 Å². The van der Waals surface area contributed by atoms with Crippen molar-refractivity contribution in [3.63, 3.8) is 0 Å². The van der Waals surface area contributed by atoms with Crippen molar-refractivity contribution in [3.05, 3.63) is 35.4 Å². The van der Waals surface area contributed by atoms with E-state index in [1.807, 2.05) is 0 Å². The molecule has 0 aromatic heterocycles. The molecule has 0 aliphatic carbocycles. The number of benzene rings is 1. The number of carbonyl (C=O) groups is 4. The van der Waals surface area contributed by atoms with Gasteiger partial charge in [0.2, 0.25) is 0 Å². The third-order valence-corrected chi connectivity index (χ3v) is 5.04. The normalized spacial score (nSPS) is 18.4. The smallest absolute Gasteiger partial charge is 0.324 e. The van der Waals surface area contributed by atoms with Crippen LogP contribution in [0.3, 0.4) is 0 Å². The number of halogens is 2. The molecule has 8 nitrogen and oxygen atoms in total. The van der Waals surface area contributed by atoms with Crippen LogP contribution in [0.4, 0.5) is 13.6 Å². The zero-order valence-corrected chi connectivity index (χ0v) is 15.8. The molecule has 2 aliphatic rings. The molecular formula is C19H21F2N3O5. The number of carbonyl (C=O) groups excluding carboxylic acids is 4. The number of rotatable bonds is 4. The lowest BCUT2D eigenvalue weighted by Crippen LogP contribution is -2.44. The van der Waals surface area contributed by atoms with E-state index < -0.39 is 47.5 Å². The number of nitrogens with one attached hydrogen (secondary N) is 1. The Morgan fingerprint density at radius 2 is 1.86 bits per heavy atom. The van der Waals surface area contributed by atoms with E-state index in [0.717, 1.165) is 17.0 Å². The largest absolute Gasteiger partial charge is 0.452 e. The average molecular weight is 409 g/mol. The predicted octanol–water partition coefficient (Wildman–Crippen LogP) is 1.30. The van der Waals surface area contributed by atoms with Gasteiger partial charge in [0, 0.05) is 32.2 Å². The fraction of sp³-hybridized carbons (Fsp3) is 0.474. The van der Waals surface area contributed by atoms with E-state index in [1.54, 1.807) is 0 Å². The van der Waals surface area contributed by atoms with Gasteiger partial charge in [0.25, 0.3) is 11.8 Å². The molecule has 1 aromatic carbocycles. The highest BCUT2D eigenvalue weighted by molar-refractivity contribution is 5.98. The fourth-order valence-corrected chi connectivity index (χ4v) is 3.37. The Labute approximate surface area is 165 Å². The van der Waals surface area contributed by atoms with Gasteiger partial charge in [0.05, 0.1) is 11.5 Å². The molecule has 2 aliphatic heterocycles. The number of hydrogen-bond donors (Lipinski definition) is 1. The molecule has 2 fully saturated rings. The summed E-state index contributed by atoms with van der Waals surface area (Å²) in [5, 5.41) is 2.50. The van der Waals surface area contributed by atoms with Gasteiger partial charge in [-0.05, 0) is 31.9 Å². The summed E-state index contributed by atoms with van der Waals surface area (Å²) in [7, 11) is 0. The number of amides is 4. The van der Waals surface area contributed by atoms with Crippen molar-refractivity contribution in [3.8, 4) is 0 Å². The molecule has 0 saturated carbocycles. The van der Waals surface area contributed by atoms with Gasteiger partial charge >= 0.3 is 12.0 Å². The first-order valence-electron chi connectivity index (χ1n) is 9.32. The molecule has 0 bridgehead atoms. The fourth-order valence-electron chi connectivity index (χ4n) is 3.37. The molecule has 1 N–H and O–H groups in total. The Morgan fingerprint density at radius 1 is 1.17 bits per heavy atom. The van der Waals surface area contributed by atoms with E-state index in [1.165, 1.54) is 11.8 Å². The van der Waals surface area contributed by atoms with Gasteiger partial charge in [-0.25, -0.2) is 13.6 Å². The van der Waals surface area contributed by atoms with Crippen molar-refractivity contribution in [2.45, 2.75) is 25.9 Å². The van der Waals surface area contributed by atoms with E-state index in [0.29, 0.717) is 25.5 Å². The molecular weight excluding hydrogens is 388 g/mol. The quantitative estimate of drug-likeness (QED) is 0.757. The lowest BCUT2D eigenvalue weighted by molar-refractivity contribution is -0.162. The number of imide groups is 1. The van der Waals surface area contributed by atoms with E-state index in [9.17, 15) is 28.0 Å². The Kier molecular flexibility index (Phi) is 6.09. The second kappa shape index (κ2) is 8.54. The number of urea groups is 1. The minimum atomic E-state index is -1.10. The topological polar surface area (TPSA) is 96.0 Å². The van der Waals surface area contributed by atoms with Gasteiger partial charge in [-0.2, -0.15) is 0 Å². The van der Waals surface area contributed by atoms with Gasteiger partial charge in [0.1, 0.15) is 11.6 Å². The van der Waals surface area contributed by atoms with Crippen LogP contribution in [-0.4, -0.2) is 65.9 Å². The zero-order valence-electron chi connectivity index (χ0n) is 15.8. The summed E-state index contributed by atoms with van der Waals surface area (Å²) in [4.78, 5) is 50.9. The molecule has 0 spiro atoms. The number of hydrogen-bond acceptors (Lipinski definition) is 5. The highest BCUT2D eigenvalue weighted by atomic mass is 19.1. The van der Waals surface area contributed by atoms with Crippen LogP contribution in [0, 0.1) is 17.6 Å². The molecule has 2 saturated heterocycles. The maximum absolute atomic E-state index is 13.8. The minimum Gasteiger partial charge on any atom is -0.452 e. The predicted molar refractivity (Wildman–Crippen MR) is 95.7 cm³/mol. The van der Waals surface area contributed by atoms with Crippen molar-refractivity contribution < 1.29 is 32.7 Å². The van der Waals surface area contributed by atoms with Gasteiger partial charge < -0.3 is 15.0 Å². The lowest BCUT2D eigenvalue weighted by atomic mass is 9.96. The minimum absolute atomic E-state index is 0.201. The Hall–Kier alpha value is -3.04. The number of ether oxygens (including phenoxy) is 1. The van der Waals surface area contributed by atoms with Crippen LogP contribution in [0.2, 0.25) is 0 Å². The van der Waals surface area contributed by atoms with Gasteiger partial charge in [-0.1, -0.05) is 0 Å². The number of piperidine rings is 1. The Morgan fingerprint density at radius 3 is 2.45 bits per heavy atom. The number of esters is 1. The van der Waals surface area contributed by atoms with Crippen LogP contribution >= 0.6 is 0 Å². The maximum Gasteiger partial charge on any atom is 0.324 e. The first-order valence-corrected chi connectivity index (χ1v) is 9.32. The third-order valence-electron chi connectivity index (χ3n) is 5.04. The lowest BCUT2D eigenvalue weighted by Gasteiger charge is -2.31. The molecule has 3 rings (SSSR count). The average Bonchev–Trinajstić information content (AvgIpc) is 3.12. The van der Waals surface area contributed by atoms with Crippen molar-refractivity contribution >= 4 is 23.8 Å². The van der Waals surface area contributed by atoms with Crippen molar-refractivity contribution in [1.82, 2.24) is 15.1 Å². The molecule has 1 aromatic rings. The molecule has 10 heteroatoms. The summed E-state index contributed by atoms with van der Waals surface area (Å²) in [5.74, 6) is -3.96. The zero-order chi connectivity index (χ0) is 21.1. The standard InChI is InChI=1S/C19H21F2N3O5/c1-11(16(25)24-9-6-22-19(24)28)29-18(27)12-4-7-23(8-5-12)17(26)14-3-2-13(20)10-15(14)21/h2-3,10-12H,4-9H2,1H3,(H,22,28)/t11-/m0/s1. The van der Waals surface area contributed by atoms with Crippen molar-refractivity contribution in [2.24, 2.45) is 5.92 Å². The first-order chi connectivity index (χ1) is 13.8. The van der Waals surface area contributed by atoms with Crippen molar-refractivity contribution in [2.75, 3.05) is 26.2 Å². The van der Waals surface area contributed by atoms with Crippen LogP contribution in [0.1, 0.15) is 30.1 Å². The second-order valence-corrected chi connectivity index (χ2v) is 6.99. The number of likely N-dealkylation sites (tertiary alicyclic amines) is 1. The summed E-state index contributed by atoms with van der Waals surface area (Å²) < 4.78 is 32.0. The molecule has 1 atom stereocenters. The summed E-state index contributed by atoms with van der Waals surface area (Å²) in [6.45, 7) is 2.38. The van der Waals surface area contributed by atoms with Crippen LogP contribution in [-0.2, 0) is 14.3 Å². The number of nitrogens with zero attached hydrogens (tertiary/aromatic N) is 2. The van der Waals surface area contributed by atoms with Gasteiger partial charge in [0.15, 0.2) is 6.10 Å². The van der Waals surface area contributed by atoms with Crippen LogP contribution in [0.15, 0.2) is 18.2 Å². The van der Waals surface area contributed by atoms with Gasteiger partial charge in [-0.15, -0.1) is 0 Å². The monoisotopic (exact) mass is 409 g/mol. The van der Waals surface area contributed by atoms with Crippen LogP contribution < -0.4 is 5.32 Å². The van der Waals surface area contributed by atoms with Crippen LogP contribution in [0.25, 0.3) is 0 Å². The molecule has 156 valence electrons. The Balaban J connectivity index is 1.52. The molecule has 0 unspecified atom stereocenters.